The number of likely N-dealkylation sites (N-methyl/N-ethyl adjacent to an activating group) is 1. The number of hydrogen-bond acceptors (Lipinski definition) is 3. The summed E-state index contributed by atoms with van der Waals surface area (Å²) in [5.41, 5.74) is 3.11. The first-order chi connectivity index (χ1) is 9.65. The topological polar surface area (TPSA) is 52.7 Å². The third kappa shape index (κ3) is 2.35. The minimum atomic E-state index is -0.0725. The molecule has 3 rings (SSSR count). The molecule has 1 N–H and O–H groups in total. The lowest BCUT2D eigenvalue weighted by Crippen LogP contribution is -2.37. The quantitative estimate of drug-likeness (QED) is 0.817. The second-order valence-corrected chi connectivity index (χ2v) is 5.45. The SMILES string of the molecule is CN1CCc2cc(C(=O)N3CCCNC(=O)C3)ccc21. The molecule has 0 aliphatic carbocycles. The Bertz CT molecular complexity index is 556. The van der Waals surface area contributed by atoms with Crippen molar-refractivity contribution in [1.82, 2.24) is 10.2 Å². The largest absolute Gasteiger partial charge is 0.374 e. The summed E-state index contributed by atoms with van der Waals surface area (Å²) in [7, 11) is 2.06. The average molecular weight is 273 g/mol. The normalized spacial score (nSPS) is 18.6. The van der Waals surface area contributed by atoms with Crippen molar-refractivity contribution in [3.05, 3.63) is 29.3 Å². The van der Waals surface area contributed by atoms with Gasteiger partial charge < -0.3 is 15.1 Å². The van der Waals surface area contributed by atoms with Crippen molar-refractivity contribution in [3.8, 4) is 0 Å². The van der Waals surface area contributed by atoms with Gasteiger partial charge in [-0.1, -0.05) is 0 Å². The highest BCUT2D eigenvalue weighted by atomic mass is 16.2. The highest BCUT2D eigenvalue weighted by molar-refractivity contribution is 5.97. The lowest BCUT2D eigenvalue weighted by Gasteiger charge is -2.19. The van der Waals surface area contributed by atoms with Gasteiger partial charge in [0.25, 0.3) is 5.91 Å². The number of benzene rings is 1. The van der Waals surface area contributed by atoms with Crippen LogP contribution in [0.4, 0.5) is 5.69 Å². The smallest absolute Gasteiger partial charge is 0.254 e. The minimum Gasteiger partial charge on any atom is -0.374 e. The zero-order valence-corrected chi connectivity index (χ0v) is 11.7. The van der Waals surface area contributed by atoms with Crippen molar-refractivity contribution >= 4 is 17.5 Å². The molecule has 106 valence electrons. The van der Waals surface area contributed by atoms with Crippen LogP contribution in [0.2, 0.25) is 0 Å². The van der Waals surface area contributed by atoms with E-state index in [2.05, 4.69) is 17.3 Å². The fourth-order valence-electron chi connectivity index (χ4n) is 2.86. The molecule has 1 saturated heterocycles. The van der Waals surface area contributed by atoms with Crippen molar-refractivity contribution in [3.63, 3.8) is 0 Å². The van der Waals surface area contributed by atoms with Gasteiger partial charge in [0.1, 0.15) is 0 Å². The Morgan fingerprint density at radius 1 is 1.30 bits per heavy atom. The molecule has 5 heteroatoms. The van der Waals surface area contributed by atoms with Crippen LogP contribution in [-0.2, 0) is 11.2 Å². The van der Waals surface area contributed by atoms with Gasteiger partial charge in [-0.3, -0.25) is 9.59 Å². The fraction of sp³-hybridized carbons (Fsp3) is 0.467. The second kappa shape index (κ2) is 5.15. The Hall–Kier alpha value is -2.04. The number of amides is 2. The fourth-order valence-corrected chi connectivity index (χ4v) is 2.86. The first-order valence-electron chi connectivity index (χ1n) is 7.05. The van der Waals surface area contributed by atoms with Gasteiger partial charge in [0.05, 0.1) is 6.54 Å². The Kier molecular flexibility index (Phi) is 3.34. The van der Waals surface area contributed by atoms with E-state index in [4.69, 9.17) is 0 Å². The summed E-state index contributed by atoms with van der Waals surface area (Å²) >= 11 is 0. The minimum absolute atomic E-state index is 0.0422. The molecule has 2 heterocycles. The maximum absolute atomic E-state index is 12.5. The molecule has 1 fully saturated rings. The van der Waals surface area contributed by atoms with Crippen LogP contribution in [0.1, 0.15) is 22.3 Å². The summed E-state index contributed by atoms with van der Waals surface area (Å²) in [6, 6.07) is 5.85. The molecule has 0 unspecified atom stereocenters. The van der Waals surface area contributed by atoms with E-state index >= 15 is 0 Å². The molecular weight excluding hydrogens is 254 g/mol. The van der Waals surface area contributed by atoms with E-state index in [1.165, 1.54) is 11.3 Å². The van der Waals surface area contributed by atoms with Crippen molar-refractivity contribution in [1.29, 1.82) is 0 Å². The highest BCUT2D eigenvalue weighted by Gasteiger charge is 2.23. The Labute approximate surface area is 118 Å². The molecule has 0 spiro atoms. The van der Waals surface area contributed by atoms with E-state index in [0.29, 0.717) is 18.7 Å². The Balaban J connectivity index is 1.82. The van der Waals surface area contributed by atoms with Crippen LogP contribution < -0.4 is 10.2 Å². The lowest BCUT2D eigenvalue weighted by molar-refractivity contribution is -0.121. The van der Waals surface area contributed by atoms with E-state index in [1.54, 1.807) is 4.90 Å². The number of nitrogens with one attached hydrogen (secondary N) is 1. The predicted octanol–water partition coefficient (Wildman–Crippen LogP) is 0.641. The highest BCUT2D eigenvalue weighted by Crippen LogP contribution is 2.27. The van der Waals surface area contributed by atoms with Crippen molar-refractivity contribution in [2.75, 3.05) is 38.1 Å². The molecule has 0 saturated carbocycles. The molecule has 2 aliphatic heterocycles. The molecule has 2 amide bonds. The number of carbonyl (C=O) groups is 2. The zero-order chi connectivity index (χ0) is 14.1. The van der Waals surface area contributed by atoms with E-state index in [1.807, 2.05) is 18.2 Å². The number of nitrogens with zero attached hydrogens (tertiary/aromatic N) is 2. The van der Waals surface area contributed by atoms with Crippen LogP contribution in [-0.4, -0.2) is 49.9 Å². The molecule has 0 aromatic heterocycles. The third-order valence-electron chi connectivity index (χ3n) is 4.00. The standard InChI is InChI=1S/C15H19N3O2/c1-17-8-5-11-9-12(3-4-13(11)17)15(20)18-7-2-6-16-14(19)10-18/h3-4,9H,2,5-8,10H2,1H3,(H,16,19). The van der Waals surface area contributed by atoms with E-state index < -0.39 is 0 Å². The maximum atomic E-state index is 12.5. The molecule has 1 aromatic carbocycles. The molecule has 1 aromatic rings. The van der Waals surface area contributed by atoms with Gasteiger partial charge in [-0.05, 0) is 36.6 Å². The van der Waals surface area contributed by atoms with E-state index in [9.17, 15) is 9.59 Å². The molecular formula is C15H19N3O2. The molecule has 5 nitrogen and oxygen atoms in total. The van der Waals surface area contributed by atoms with Gasteiger partial charge in [0.15, 0.2) is 0 Å². The summed E-state index contributed by atoms with van der Waals surface area (Å²) in [4.78, 5) is 27.9. The summed E-state index contributed by atoms with van der Waals surface area (Å²) in [6.45, 7) is 2.45. The third-order valence-corrected chi connectivity index (χ3v) is 4.00. The Morgan fingerprint density at radius 2 is 2.15 bits per heavy atom. The summed E-state index contributed by atoms with van der Waals surface area (Å²) < 4.78 is 0. The molecule has 0 bridgehead atoms. The zero-order valence-electron chi connectivity index (χ0n) is 11.7. The van der Waals surface area contributed by atoms with Crippen molar-refractivity contribution < 1.29 is 9.59 Å². The predicted molar refractivity (Wildman–Crippen MR) is 76.9 cm³/mol. The first kappa shape index (κ1) is 13.0. The summed E-state index contributed by atoms with van der Waals surface area (Å²) in [5.74, 6) is -0.115. The molecule has 20 heavy (non-hydrogen) atoms. The van der Waals surface area contributed by atoms with Crippen LogP contribution in [0.5, 0.6) is 0 Å². The maximum Gasteiger partial charge on any atom is 0.254 e. The van der Waals surface area contributed by atoms with E-state index in [-0.39, 0.29) is 18.4 Å². The molecule has 2 aliphatic rings. The van der Waals surface area contributed by atoms with Gasteiger partial charge in [0.2, 0.25) is 5.91 Å². The van der Waals surface area contributed by atoms with Crippen molar-refractivity contribution in [2.24, 2.45) is 0 Å². The van der Waals surface area contributed by atoms with Crippen LogP contribution in [0.15, 0.2) is 18.2 Å². The number of fused-ring (bicyclic) bond motifs is 1. The van der Waals surface area contributed by atoms with E-state index in [0.717, 1.165) is 19.4 Å². The van der Waals surface area contributed by atoms with Gasteiger partial charge >= 0.3 is 0 Å². The number of hydrogen-bond donors (Lipinski definition) is 1. The van der Waals surface area contributed by atoms with Crippen LogP contribution >= 0.6 is 0 Å². The number of anilines is 1. The Morgan fingerprint density at radius 3 is 3.00 bits per heavy atom. The van der Waals surface area contributed by atoms with Gasteiger partial charge in [-0.25, -0.2) is 0 Å². The van der Waals surface area contributed by atoms with Crippen molar-refractivity contribution in [2.45, 2.75) is 12.8 Å². The van der Waals surface area contributed by atoms with Gasteiger partial charge in [-0.15, -0.1) is 0 Å². The number of carbonyl (C=O) groups excluding carboxylic acids is 2. The van der Waals surface area contributed by atoms with Crippen LogP contribution in [0.25, 0.3) is 0 Å². The second-order valence-electron chi connectivity index (χ2n) is 5.45. The molecule has 0 radical (unpaired) electrons. The molecule has 0 atom stereocenters. The summed E-state index contributed by atoms with van der Waals surface area (Å²) in [6.07, 6.45) is 1.79. The monoisotopic (exact) mass is 273 g/mol. The average Bonchev–Trinajstić information content (AvgIpc) is 2.68. The van der Waals surface area contributed by atoms with Crippen LogP contribution in [0, 0.1) is 0 Å². The summed E-state index contributed by atoms with van der Waals surface area (Å²) in [5, 5.41) is 2.79. The first-order valence-corrected chi connectivity index (χ1v) is 7.05. The lowest BCUT2D eigenvalue weighted by atomic mass is 10.1. The van der Waals surface area contributed by atoms with Gasteiger partial charge in [0, 0.05) is 37.9 Å². The van der Waals surface area contributed by atoms with Gasteiger partial charge in [-0.2, -0.15) is 0 Å². The van der Waals surface area contributed by atoms with Crippen LogP contribution in [0.3, 0.4) is 0 Å². The number of rotatable bonds is 1.